The Bertz CT molecular complexity index is 1480. The van der Waals surface area contributed by atoms with Crippen molar-refractivity contribution in [1.82, 2.24) is 19.3 Å². The van der Waals surface area contributed by atoms with Gasteiger partial charge < -0.3 is 14.1 Å². The Balaban J connectivity index is 1.32. The number of nitrogens with zero attached hydrogens (tertiary/aromatic N) is 3. The van der Waals surface area contributed by atoms with Crippen LogP contribution in [-0.4, -0.2) is 25.9 Å². The molecule has 1 unspecified atom stereocenters. The maximum Gasteiger partial charge on any atom is 0.287 e. The molecule has 7 nitrogen and oxygen atoms in total. The first-order valence-corrected chi connectivity index (χ1v) is 11.0. The monoisotopic (exact) mass is 440 g/mol. The van der Waals surface area contributed by atoms with Crippen molar-refractivity contribution in [2.45, 2.75) is 32.4 Å². The molecule has 0 aliphatic heterocycles. The smallest absolute Gasteiger partial charge is 0.287 e. The number of hydrogen-bond donors (Lipinski definition) is 1. The van der Waals surface area contributed by atoms with Gasteiger partial charge in [0.1, 0.15) is 11.3 Å². The molecule has 0 saturated heterocycles. The second-order valence-corrected chi connectivity index (χ2v) is 8.17. The van der Waals surface area contributed by atoms with Crippen molar-refractivity contribution in [3.63, 3.8) is 0 Å². The first-order chi connectivity index (χ1) is 16.1. The molecule has 0 spiro atoms. The molecule has 0 saturated carbocycles. The second-order valence-electron chi connectivity index (χ2n) is 8.17. The molecule has 1 atom stereocenters. The van der Waals surface area contributed by atoms with Crippen LogP contribution >= 0.6 is 0 Å². The molecule has 7 heteroatoms. The van der Waals surface area contributed by atoms with Crippen LogP contribution in [-0.2, 0) is 13.0 Å². The van der Waals surface area contributed by atoms with E-state index in [0.717, 1.165) is 18.4 Å². The van der Waals surface area contributed by atoms with Crippen molar-refractivity contribution in [1.29, 1.82) is 0 Å². The highest BCUT2D eigenvalue weighted by Crippen LogP contribution is 2.16. The van der Waals surface area contributed by atoms with Crippen molar-refractivity contribution in [3.05, 3.63) is 107 Å². The first-order valence-electron chi connectivity index (χ1n) is 11.0. The summed E-state index contributed by atoms with van der Waals surface area (Å²) in [6.45, 7) is 2.17. The van der Waals surface area contributed by atoms with Crippen LogP contribution in [0.3, 0.4) is 0 Å². The summed E-state index contributed by atoms with van der Waals surface area (Å²) in [6.07, 6.45) is 5.22. The molecule has 1 aromatic carbocycles. The van der Waals surface area contributed by atoms with E-state index in [1.807, 2.05) is 53.9 Å². The lowest BCUT2D eigenvalue weighted by molar-refractivity contribution is 0.0908. The van der Waals surface area contributed by atoms with Gasteiger partial charge in [-0.25, -0.2) is 4.98 Å². The summed E-state index contributed by atoms with van der Waals surface area (Å²) >= 11 is 0. The van der Waals surface area contributed by atoms with Crippen LogP contribution in [0.1, 0.15) is 35.2 Å². The Morgan fingerprint density at radius 2 is 1.85 bits per heavy atom. The number of carbonyl (C=O) groups excluding carboxylic acids is 1. The highest BCUT2D eigenvalue weighted by molar-refractivity contribution is 5.91. The zero-order chi connectivity index (χ0) is 22.8. The zero-order valence-corrected chi connectivity index (χ0v) is 18.3. The summed E-state index contributed by atoms with van der Waals surface area (Å²) in [5.41, 5.74) is 3.03. The largest absolute Gasteiger partial charge is 0.454 e. The molecule has 1 amide bonds. The molecule has 1 N–H and O–H groups in total. The van der Waals surface area contributed by atoms with Crippen LogP contribution < -0.4 is 10.9 Å². The Hall–Kier alpha value is -4.13. The van der Waals surface area contributed by atoms with Gasteiger partial charge in [-0.1, -0.05) is 30.3 Å². The van der Waals surface area contributed by atoms with E-state index in [4.69, 9.17) is 4.42 Å². The van der Waals surface area contributed by atoms with Gasteiger partial charge >= 0.3 is 0 Å². The Morgan fingerprint density at radius 3 is 2.70 bits per heavy atom. The molecule has 0 bridgehead atoms. The number of benzene rings is 1. The van der Waals surface area contributed by atoms with Crippen LogP contribution in [0.15, 0.2) is 88.3 Å². The van der Waals surface area contributed by atoms with Crippen LogP contribution in [0.4, 0.5) is 0 Å². The van der Waals surface area contributed by atoms with Gasteiger partial charge in [0.2, 0.25) is 0 Å². The number of aryl methyl sites for hydroxylation is 1. The number of pyridine rings is 1. The third-order valence-corrected chi connectivity index (χ3v) is 5.78. The summed E-state index contributed by atoms with van der Waals surface area (Å²) in [4.78, 5) is 30.1. The first kappa shape index (κ1) is 20.8. The SMILES string of the molecule is CC(CCc1ccccc1)NC(=O)c1ccc(Cn2c(=O)c3cccn3c3cccnc32)o1. The zero-order valence-electron chi connectivity index (χ0n) is 18.3. The van der Waals surface area contributed by atoms with Gasteiger partial charge in [0, 0.05) is 18.4 Å². The van der Waals surface area contributed by atoms with E-state index in [-0.39, 0.29) is 29.8 Å². The number of amides is 1. The molecular formula is C26H24N4O3. The lowest BCUT2D eigenvalue weighted by atomic mass is 10.1. The van der Waals surface area contributed by atoms with Gasteiger partial charge in [-0.05, 0) is 61.7 Å². The summed E-state index contributed by atoms with van der Waals surface area (Å²) in [7, 11) is 0. The molecule has 0 radical (unpaired) electrons. The minimum Gasteiger partial charge on any atom is -0.454 e. The van der Waals surface area contributed by atoms with Gasteiger partial charge in [-0.3, -0.25) is 14.2 Å². The molecule has 5 aromatic rings. The topological polar surface area (TPSA) is 81.5 Å². The fourth-order valence-electron chi connectivity index (χ4n) is 4.07. The standard InChI is InChI=1S/C26H24N4O3/c1-18(11-12-19-7-3-2-4-8-19)28-25(31)23-14-13-20(33-23)17-30-24-21(9-5-15-27-24)29-16-6-10-22(29)26(30)32/h2-10,13-16,18H,11-12,17H2,1H3,(H,28,31). The predicted octanol–water partition coefficient (Wildman–Crippen LogP) is 4.04. The highest BCUT2D eigenvalue weighted by atomic mass is 16.4. The van der Waals surface area contributed by atoms with E-state index in [2.05, 4.69) is 22.4 Å². The number of nitrogens with one attached hydrogen (secondary N) is 1. The van der Waals surface area contributed by atoms with Crippen LogP contribution in [0.5, 0.6) is 0 Å². The molecule has 5 rings (SSSR count). The lowest BCUT2D eigenvalue weighted by Crippen LogP contribution is -2.32. The van der Waals surface area contributed by atoms with E-state index in [1.54, 1.807) is 29.0 Å². The molecule has 0 aliphatic rings. The van der Waals surface area contributed by atoms with Crippen molar-refractivity contribution in [2.24, 2.45) is 0 Å². The quantitative estimate of drug-likeness (QED) is 0.414. The van der Waals surface area contributed by atoms with Crippen LogP contribution in [0.2, 0.25) is 0 Å². The number of fused-ring (bicyclic) bond motifs is 3. The van der Waals surface area contributed by atoms with Crippen molar-refractivity contribution >= 4 is 22.6 Å². The van der Waals surface area contributed by atoms with E-state index in [0.29, 0.717) is 16.9 Å². The Labute approximate surface area is 190 Å². The minimum absolute atomic E-state index is 0.00112. The Kier molecular flexibility index (Phi) is 5.52. The number of carbonyl (C=O) groups is 1. The molecule has 0 fully saturated rings. The van der Waals surface area contributed by atoms with E-state index in [1.165, 1.54) is 5.56 Å². The fourth-order valence-corrected chi connectivity index (χ4v) is 4.07. The van der Waals surface area contributed by atoms with Gasteiger partial charge in [0.05, 0.1) is 12.1 Å². The normalized spacial score (nSPS) is 12.3. The summed E-state index contributed by atoms with van der Waals surface area (Å²) in [5, 5.41) is 2.99. The second kappa shape index (κ2) is 8.78. The average Bonchev–Trinajstić information content (AvgIpc) is 3.51. The summed E-state index contributed by atoms with van der Waals surface area (Å²) in [6, 6.07) is 20.9. The van der Waals surface area contributed by atoms with Gasteiger partial charge in [0.15, 0.2) is 11.4 Å². The third kappa shape index (κ3) is 4.17. The Morgan fingerprint density at radius 1 is 1.03 bits per heavy atom. The third-order valence-electron chi connectivity index (χ3n) is 5.78. The van der Waals surface area contributed by atoms with Crippen molar-refractivity contribution in [3.8, 4) is 0 Å². The maximum atomic E-state index is 13.1. The van der Waals surface area contributed by atoms with E-state index in [9.17, 15) is 9.59 Å². The van der Waals surface area contributed by atoms with Crippen LogP contribution in [0.25, 0.3) is 16.7 Å². The number of hydrogen-bond acceptors (Lipinski definition) is 4. The van der Waals surface area contributed by atoms with Gasteiger partial charge in [-0.15, -0.1) is 0 Å². The molecule has 4 heterocycles. The molecule has 33 heavy (non-hydrogen) atoms. The molecule has 4 aromatic heterocycles. The lowest BCUT2D eigenvalue weighted by Gasteiger charge is -2.13. The van der Waals surface area contributed by atoms with E-state index >= 15 is 0 Å². The molecule has 166 valence electrons. The average molecular weight is 441 g/mol. The van der Waals surface area contributed by atoms with Crippen LogP contribution in [0, 0.1) is 0 Å². The van der Waals surface area contributed by atoms with Crippen molar-refractivity contribution in [2.75, 3.05) is 0 Å². The van der Waals surface area contributed by atoms with Gasteiger partial charge in [-0.2, -0.15) is 0 Å². The summed E-state index contributed by atoms with van der Waals surface area (Å²) in [5.74, 6) is 0.479. The predicted molar refractivity (Wildman–Crippen MR) is 126 cm³/mol. The molecular weight excluding hydrogens is 416 g/mol. The maximum absolute atomic E-state index is 13.1. The number of rotatable bonds is 7. The number of furan rings is 1. The highest BCUT2D eigenvalue weighted by Gasteiger charge is 2.17. The van der Waals surface area contributed by atoms with E-state index < -0.39 is 0 Å². The minimum atomic E-state index is -0.265. The number of aromatic nitrogens is 3. The van der Waals surface area contributed by atoms with Crippen molar-refractivity contribution < 1.29 is 9.21 Å². The summed E-state index contributed by atoms with van der Waals surface area (Å²) < 4.78 is 9.21. The van der Waals surface area contributed by atoms with Gasteiger partial charge in [0.25, 0.3) is 11.5 Å². The molecule has 0 aliphatic carbocycles. The fraction of sp³-hybridized carbons (Fsp3) is 0.192.